The third kappa shape index (κ3) is 2.62. The lowest BCUT2D eigenvalue weighted by Gasteiger charge is -2.18. The molecule has 9 heteroatoms. The highest BCUT2D eigenvalue weighted by Crippen LogP contribution is 2.20. The fourth-order valence-corrected chi connectivity index (χ4v) is 1.56. The average Bonchev–Trinajstić information content (AvgIpc) is 2.38. The van der Waals surface area contributed by atoms with Crippen molar-refractivity contribution in [3.63, 3.8) is 0 Å². The summed E-state index contributed by atoms with van der Waals surface area (Å²) >= 11 is 0. The highest BCUT2D eigenvalue weighted by Gasteiger charge is 2.37. The Labute approximate surface area is 111 Å². The summed E-state index contributed by atoms with van der Waals surface area (Å²) in [5, 5.41) is -0.614. The van der Waals surface area contributed by atoms with Crippen LogP contribution in [-0.4, -0.2) is 20.8 Å². The number of alkyl halides is 3. The topological polar surface area (TPSA) is 77.0 Å². The summed E-state index contributed by atoms with van der Waals surface area (Å²) in [5.41, 5.74) is 0.343. The smallest absolute Gasteiger partial charge is 0.251 e. The fourth-order valence-electron chi connectivity index (χ4n) is 1.56. The molecule has 0 aliphatic heterocycles. The van der Waals surface area contributed by atoms with E-state index in [0.29, 0.717) is 5.69 Å². The van der Waals surface area contributed by atoms with Gasteiger partial charge in [-0.25, -0.2) is 15.6 Å². The summed E-state index contributed by atoms with van der Waals surface area (Å²) in [7, 11) is 0. The molecule has 1 heterocycles. The first-order valence-electron chi connectivity index (χ1n) is 5.44. The first-order chi connectivity index (χ1) is 9.30. The van der Waals surface area contributed by atoms with Gasteiger partial charge in [-0.3, -0.25) is 4.57 Å². The van der Waals surface area contributed by atoms with Crippen LogP contribution in [-0.2, 0) is 0 Å². The zero-order valence-corrected chi connectivity index (χ0v) is 10.3. The molecule has 0 atom stereocenters. The van der Waals surface area contributed by atoms with Gasteiger partial charge in [0.25, 0.3) is 5.95 Å². The number of anilines is 1. The molecule has 0 unspecified atom stereocenters. The Kier molecular flexibility index (Phi) is 3.45. The highest BCUT2D eigenvalue weighted by atomic mass is 19.4. The van der Waals surface area contributed by atoms with Crippen LogP contribution in [0.4, 0.5) is 19.1 Å². The van der Waals surface area contributed by atoms with Crippen LogP contribution in [0.25, 0.3) is 5.69 Å². The largest absolute Gasteiger partial charge is 0.501 e. The number of nitrogens with two attached hydrogens (primary N) is 1. The van der Waals surface area contributed by atoms with Crippen LogP contribution in [0.2, 0.25) is 0 Å². The van der Waals surface area contributed by atoms with E-state index in [0.717, 1.165) is 16.5 Å². The van der Waals surface area contributed by atoms with Gasteiger partial charge >= 0.3 is 12.0 Å². The molecule has 0 aliphatic carbocycles. The van der Waals surface area contributed by atoms with E-state index in [1.165, 1.54) is 0 Å². The maximum Gasteiger partial charge on any atom is 0.501 e. The number of rotatable bonds is 2. The maximum absolute atomic E-state index is 12.4. The normalized spacial score (nSPS) is 11.4. The molecule has 106 valence electrons. The molecule has 0 fully saturated rings. The number of hydrogen-bond donors (Lipinski definition) is 1. The third-order valence-corrected chi connectivity index (χ3v) is 2.55. The number of aryl methyl sites for hydroxylation is 1. The van der Waals surface area contributed by atoms with E-state index in [-0.39, 0.29) is 0 Å². The van der Waals surface area contributed by atoms with Crippen LogP contribution >= 0.6 is 0 Å². The van der Waals surface area contributed by atoms with Gasteiger partial charge in [-0.2, -0.15) is 9.99 Å². The average molecular weight is 285 g/mol. The number of hydrogen-bond acceptors (Lipinski definition) is 5. The molecule has 2 rings (SSSR count). The summed E-state index contributed by atoms with van der Waals surface area (Å²) in [4.78, 5) is 18.5. The van der Waals surface area contributed by atoms with Gasteiger partial charge in [0, 0.05) is 0 Å². The van der Waals surface area contributed by atoms with Crippen molar-refractivity contribution in [2.24, 2.45) is 5.84 Å². The predicted octanol–water partition coefficient (Wildman–Crippen LogP) is 1.14. The van der Waals surface area contributed by atoms with Gasteiger partial charge in [0.1, 0.15) is 6.33 Å². The van der Waals surface area contributed by atoms with Crippen LogP contribution in [0.5, 0.6) is 0 Å². The van der Waals surface area contributed by atoms with Gasteiger partial charge in [0.2, 0.25) is 0 Å². The van der Waals surface area contributed by atoms with Crippen molar-refractivity contribution in [1.29, 1.82) is 0 Å². The van der Waals surface area contributed by atoms with Gasteiger partial charge in [0.15, 0.2) is 0 Å². The number of benzene rings is 1. The van der Waals surface area contributed by atoms with E-state index in [9.17, 15) is 18.0 Å². The lowest BCUT2D eigenvalue weighted by molar-refractivity contribution is -0.130. The summed E-state index contributed by atoms with van der Waals surface area (Å²) in [6, 6.07) is 6.84. The molecule has 6 nitrogen and oxygen atoms in total. The molecule has 0 saturated carbocycles. The van der Waals surface area contributed by atoms with Crippen molar-refractivity contribution >= 4 is 5.95 Å². The van der Waals surface area contributed by atoms with E-state index in [4.69, 9.17) is 5.84 Å². The maximum atomic E-state index is 12.4. The summed E-state index contributed by atoms with van der Waals surface area (Å²) in [6.45, 7) is 1.75. The van der Waals surface area contributed by atoms with Crippen molar-refractivity contribution in [3.8, 4) is 5.69 Å². The first-order valence-corrected chi connectivity index (χ1v) is 5.44. The van der Waals surface area contributed by atoms with Crippen molar-refractivity contribution < 1.29 is 13.2 Å². The second kappa shape index (κ2) is 4.93. The first kappa shape index (κ1) is 14.0. The molecule has 0 bridgehead atoms. The molecule has 0 spiro atoms. The molecule has 20 heavy (non-hydrogen) atoms. The van der Waals surface area contributed by atoms with Crippen molar-refractivity contribution in [3.05, 3.63) is 46.6 Å². The molecule has 0 aliphatic rings. The number of halogens is 3. The Morgan fingerprint density at radius 3 is 2.50 bits per heavy atom. The zero-order chi connectivity index (χ0) is 14.9. The Morgan fingerprint density at radius 1 is 1.30 bits per heavy atom. The third-order valence-electron chi connectivity index (χ3n) is 2.55. The van der Waals surface area contributed by atoms with Crippen molar-refractivity contribution in [2.45, 2.75) is 13.2 Å². The molecule has 1 aromatic carbocycles. The molecule has 2 aromatic rings. The van der Waals surface area contributed by atoms with Crippen LogP contribution < -0.4 is 16.5 Å². The van der Waals surface area contributed by atoms with E-state index in [1.54, 1.807) is 31.2 Å². The Bertz CT molecular complexity index is 682. The minimum absolute atomic E-state index is 0.486. The number of nitrogens with zero attached hydrogens (tertiary/aromatic N) is 4. The molecule has 0 radical (unpaired) electrons. The van der Waals surface area contributed by atoms with Crippen LogP contribution in [0.3, 0.4) is 0 Å². The number of aromatic nitrogens is 3. The molecular formula is C11H10F3N5O. The molecular weight excluding hydrogens is 275 g/mol. The number of hydrazine groups is 1. The lowest BCUT2D eigenvalue weighted by atomic mass is 10.2. The number of para-hydroxylation sites is 1. The van der Waals surface area contributed by atoms with Gasteiger partial charge < -0.3 is 0 Å². The van der Waals surface area contributed by atoms with Gasteiger partial charge in [0.05, 0.1) is 5.69 Å². The highest BCUT2D eigenvalue weighted by molar-refractivity contribution is 5.40. The fraction of sp³-hybridized carbons (Fsp3) is 0.182. The second-order valence-electron chi connectivity index (χ2n) is 3.93. The van der Waals surface area contributed by atoms with Crippen molar-refractivity contribution in [2.75, 3.05) is 5.01 Å². The summed E-state index contributed by atoms with van der Waals surface area (Å²) in [5.74, 6) is 3.88. The van der Waals surface area contributed by atoms with E-state index >= 15 is 0 Å². The predicted molar refractivity (Wildman–Crippen MR) is 65.1 cm³/mol. The van der Waals surface area contributed by atoms with Crippen molar-refractivity contribution in [1.82, 2.24) is 14.5 Å². The summed E-state index contributed by atoms with van der Waals surface area (Å²) < 4.78 is 38.1. The monoisotopic (exact) mass is 285 g/mol. The second-order valence-corrected chi connectivity index (χ2v) is 3.93. The van der Waals surface area contributed by atoms with Gasteiger partial charge in [-0.1, -0.05) is 18.2 Å². The van der Waals surface area contributed by atoms with Crippen LogP contribution in [0.15, 0.2) is 35.4 Å². The van der Waals surface area contributed by atoms with E-state index < -0.39 is 22.9 Å². The molecule has 2 N–H and O–H groups in total. The van der Waals surface area contributed by atoms with E-state index in [2.05, 4.69) is 9.97 Å². The quantitative estimate of drug-likeness (QED) is 0.508. The zero-order valence-electron chi connectivity index (χ0n) is 10.3. The standard InChI is InChI=1S/C11H10F3N5O/c1-7-4-2-3-5-8(7)18-6-16-9(17-10(18)20)19(15)11(12,13)14/h2-6H,15H2,1H3. The van der Waals surface area contributed by atoms with Crippen LogP contribution in [0, 0.1) is 6.92 Å². The lowest BCUT2D eigenvalue weighted by Crippen LogP contribution is -2.46. The summed E-state index contributed by atoms with van der Waals surface area (Å²) in [6.07, 6.45) is -3.90. The van der Waals surface area contributed by atoms with Gasteiger partial charge in [-0.05, 0) is 18.6 Å². The Morgan fingerprint density at radius 2 is 1.95 bits per heavy atom. The minimum Gasteiger partial charge on any atom is -0.251 e. The Hall–Kier alpha value is -2.42. The minimum atomic E-state index is -4.86. The van der Waals surface area contributed by atoms with Crippen LogP contribution in [0.1, 0.15) is 5.56 Å². The molecule has 0 saturated heterocycles. The molecule has 1 aromatic heterocycles. The van der Waals surface area contributed by atoms with Gasteiger partial charge in [-0.15, -0.1) is 13.2 Å². The van der Waals surface area contributed by atoms with E-state index in [1.807, 2.05) is 0 Å². The SMILES string of the molecule is Cc1ccccc1-n1cnc(N(N)C(F)(F)F)nc1=O. The Balaban J connectivity index is 2.47. The molecule has 0 amide bonds.